The molecule has 36 heavy (non-hydrogen) atoms. The Kier molecular flexibility index (Phi) is 8.32. The first-order valence-corrected chi connectivity index (χ1v) is 12.2. The third-order valence-electron chi connectivity index (χ3n) is 7.76. The monoisotopic (exact) mass is 522 g/mol. The molecule has 0 heterocycles. The van der Waals surface area contributed by atoms with Crippen molar-refractivity contribution in [1.82, 2.24) is 10.6 Å². The summed E-state index contributed by atoms with van der Waals surface area (Å²) in [6.45, 7) is 3.32. The Labute approximate surface area is 206 Å². The molecule has 2 saturated carbocycles. The Morgan fingerprint density at radius 2 is 1.50 bits per heavy atom. The topological polar surface area (TPSA) is 78.4 Å². The molecular formula is C25H32F6N2O3. The van der Waals surface area contributed by atoms with Gasteiger partial charge in [-0.1, -0.05) is 13.8 Å². The van der Waals surface area contributed by atoms with Crippen LogP contribution in [0.5, 0.6) is 0 Å². The van der Waals surface area contributed by atoms with Crippen LogP contribution in [-0.4, -0.2) is 29.1 Å². The van der Waals surface area contributed by atoms with Crippen molar-refractivity contribution in [3.8, 4) is 0 Å². The van der Waals surface area contributed by atoms with Crippen molar-refractivity contribution >= 4 is 11.9 Å². The summed E-state index contributed by atoms with van der Waals surface area (Å²) in [7, 11) is 0. The maximum absolute atomic E-state index is 13.3. The third kappa shape index (κ3) is 6.52. The molecule has 2 fully saturated rings. The first-order chi connectivity index (χ1) is 16.6. The van der Waals surface area contributed by atoms with Gasteiger partial charge in [-0.15, -0.1) is 0 Å². The molecule has 5 nitrogen and oxygen atoms in total. The van der Waals surface area contributed by atoms with Gasteiger partial charge in [-0.05, 0) is 74.6 Å². The fraction of sp³-hybridized carbons (Fsp3) is 0.680. The maximum atomic E-state index is 13.3. The van der Waals surface area contributed by atoms with Crippen LogP contribution in [0.4, 0.5) is 26.3 Å². The summed E-state index contributed by atoms with van der Waals surface area (Å²) in [5.74, 6) is -1.60. The van der Waals surface area contributed by atoms with E-state index in [1.807, 2.05) is 13.8 Å². The van der Waals surface area contributed by atoms with Crippen molar-refractivity contribution in [2.24, 2.45) is 17.3 Å². The van der Waals surface area contributed by atoms with Gasteiger partial charge in [0.05, 0.1) is 22.5 Å². The van der Waals surface area contributed by atoms with Crippen LogP contribution in [0.25, 0.3) is 0 Å². The van der Waals surface area contributed by atoms with Gasteiger partial charge in [0.1, 0.15) is 0 Å². The number of carbonyl (C=O) groups is 2. The van der Waals surface area contributed by atoms with E-state index in [4.69, 9.17) is 5.11 Å². The van der Waals surface area contributed by atoms with Crippen LogP contribution in [0.1, 0.15) is 75.5 Å². The van der Waals surface area contributed by atoms with Crippen molar-refractivity contribution in [3.63, 3.8) is 0 Å². The summed E-state index contributed by atoms with van der Waals surface area (Å²) in [5.41, 5.74) is -3.90. The first kappa shape index (κ1) is 28.3. The molecule has 0 aromatic heterocycles. The quantitative estimate of drug-likeness (QED) is 0.398. The van der Waals surface area contributed by atoms with E-state index in [-0.39, 0.29) is 41.5 Å². The summed E-state index contributed by atoms with van der Waals surface area (Å²) in [5, 5.41) is 15.3. The first-order valence-electron chi connectivity index (χ1n) is 12.2. The van der Waals surface area contributed by atoms with Gasteiger partial charge in [0.15, 0.2) is 0 Å². The summed E-state index contributed by atoms with van der Waals surface area (Å²) >= 11 is 0. The van der Waals surface area contributed by atoms with Gasteiger partial charge in [-0.25, -0.2) is 0 Å². The molecule has 1 unspecified atom stereocenters. The Balaban J connectivity index is 1.67. The molecule has 202 valence electrons. The predicted octanol–water partition coefficient (Wildman–Crippen LogP) is 5.77. The van der Waals surface area contributed by atoms with E-state index < -0.39 is 41.4 Å². The van der Waals surface area contributed by atoms with Crippen molar-refractivity contribution in [1.29, 1.82) is 0 Å². The van der Waals surface area contributed by atoms with Crippen molar-refractivity contribution in [2.75, 3.05) is 0 Å². The summed E-state index contributed by atoms with van der Waals surface area (Å²) in [6, 6.07) is 1.50. The Bertz CT molecular complexity index is 922. The average molecular weight is 523 g/mol. The normalized spacial score (nSPS) is 27.3. The van der Waals surface area contributed by atoms with Crippen molar-refractivity contribution in [2.45, 2.75) is 89.8 Å². The molecule has 1 aromatic rings. The molecule has 2 atom stereocenters. The Morgan fingerprint density at radius 1 is 0.944 bits per heavy atom. The van der Waals surface area contributed by atoms with Gasteiger partial charge in [-0.2, -0.15) is 26.3 Å². The zero-order chi connectivity index (χ0) is 26.9. The fourth-order valence-corrected chi connectivity index (χ4v) is 5.53. The van der Waals surface area contributed by atoms with Crippen LogP contribution < -0.4 is 10.6 Å². The predicted molar refractivity (Wildman–Crippen MR) is 120 cm³/mol. The number of amides is 1. The van der Waals surface area contributed by atoms with Crippen LogP contribution in [0, 0.1) is 17.3 Å². The summed E-state index contributed by atoms with van der Waals surface area (Å²) < 4.78 is 78.9. The van der Waals surface area contributed by atoms with Crippen LogP contribution in [0.3, 0.4) is 0 Å². The lowest BCUT2D eigenvalue weighted by Gasteiger charge is -2.34. The molecule has 1 amide bonds. The number of hydrogen-bond donors (Lipinski definition) is 3. The summed E-state index contributed by atoms with van der Waals surface area (Å²) in [6.07, 6.45) is -5.54. The molecule has 1 aromatic carbocycles. The van der Waals surface area contributed by atoms with Crippen LogP contribution >= 0.6 is 0 Å². The van der Waals surface area contributed by atoms with Crippen LogP contribution in [-0.2, 0) is 28.5 Å². The largest absolute Gasteiger partial charge is 0.481 e. The molecule has 0 aliphatic heterocycles. The minimum atomic E-state index is -4.95. The third-order valence-corrected chi connectivity index (χ3v) is 7.76. The highest BCUT2D eigenvalue weighted by Crippen LogP contribution is 2.45. The van der Waals surface area contributed by atoms with Crippen LogP contribution in [0.2, 0.25) is 0 Å². The average Bonchev–Trinajstić information content (AvgIpc) is 3.21. The van der Waals surface area contributed by atoms with Gasteiger partial charge in [0.2, 0.25) is 5.91 Å². The highest BCUT2D eigenvalue weighted by molar-refractivity contribution is 5.83. The second-order valence-corrected chi connectivity index (χ2v) is 10.4. The van der Waals surface area contributed by atoms with E-state index in [2.05, 4.69) is 10.6 Å². The van der Waals surface area contributed by atoms with Gasteiger partial charge in [-0.3, -0.25) is 9.59 Å². The molecule has 2 aliphatic rings. The highest BCUT2D eigenvalue weighted by atomic mass is 19.4. The number of halogens is 6. The second-order valence-electron chi connectivity index (χ2n) is 10.4. The number of alkyl halides is 6. The minimum absolute atomic E-state index is 0.0231. The molecule has 2 aliphatic carbocycles. The van der Waals surface area contributed by atoms with E-state index >= 15 is 0 Å². The number of rotatable bonds is 7. The molecule has 0 radical (unpaired) electrons. The number of nitrogens with one attached hydrogen (secondary N) is 2. The molecule has 0 saturated heterocycles. The van der Waals surface area contributed by atoms with E-state index in [9.17, 15) is 35.9 Å². The SMILES string of the molecule is CC(C)[C@]1(C(=O)NCc2cc(C(F)(F)F)cc(C(F)(F)F)c2)CCC(NC2CCC(C(=O)O)CC2)C1. The lowest BCUT2D eigenvalue weighted by atomic mass is 9.74. The summed E-state index contributed by atoms with van der Waals surface area (Å²) in [4.78, 5) is 24.4. The molecule has 3 rings (SSSR count). The van der Waals surface area contributed by atoms with Crippen molar-refractivity contribution < 1.29 is 41.0 Å². The Hall–Kier alpha value is -2.30. The molecule has 0 bridgehead atoms. The number of carboxylic acid groups (broad SMARTS) is 1. The van der Waals surface area contributed by atoms with Crippen molar-refractivity contribution in [3.05, 3.63) is 34.9 Å². The van der Waals surface area contributed by atoms with Gasteiger partial charge < -0.3 is 15.7 Å². The molecule has 3 N–H and O–H groups in total. The zero-order valence-electron chi connectivity index (χ0n) is 20.2. The smallest absolute Gasteiger partial charge is 0.416 e. The van der Waals surface area contributed by atoms with E-state index in [1.54, 1.807) is 0 Å². The molecule has 11 heteroatoms. The molecule has 0 spiro atoms. The van der Waals surface area contributed by atoms with Crippen LogP contribution in [0.15, 0.2) is 18.2 Å². The lowest BCUT2D eigenvalue weighted by molar-refractivity contribution is -0.144. The van der Waals surface area contributed by atoms with E-state index in [1.165, 1.54) is 0 Å². The minimum Gasteiger partial charge on any atom is -0.481 e. The number of hydrogen-bond acceptors (Lipinski definition) is 3. The second kappa shape index (κ2) is 10.6. The number of benzene rings is 1. The van der Waals surface area contributed by atoms with E-state index in [0.717, 1.165) is 12.8 Å². The molecular weight excluding hydrogens is 490 g/mol. The Morgan fingerprint density at radius 3 is 1.97 bits per heavy atom. The number of aliphatic carboxylic acids is 1. The van der Waals surface area contributed by atoms with E-state index in [0.29, 0.717) is 44.2 Å². The lowest BCUT2D eigenvalue weighted by Crippen LogP contribution is -2.45. The van der Waals surface area contributed by atoms with Gasteiger partial charge in [0, 0.05) is 18.6 Å². The zero-order valence-corrected chi connectivity index (χ0v) is 20.2. The maximum Gasteiger partial charge on any atom is 0.416 e. The number of carboxylic acids is 1. The van der Waals surface area contributed by atoms with Gasteiger partial charge >= 0.3 is 18.3 Å². The highest BCUT2D eigenvalue weighted by Gasteiger charge is 2.48. The standard InChI is InChI=1S/C25H32F6N2O3/c1-14(2)23(8-7-20(12-23)33-19-5-3-16(4-6-19)21(34)35)22(36)32-13-15-9-17(24(26,27)28)11-18(10-15)25(29,30)31/h9-11,14,16,19-20,33H,3-8,12-13H2,1-2H3,(H,32,36)(H,34,35)/t16?,19?,20?,23-/m0/s1. The fourth-order valence-electron chi connectivity index (χ4n) is 5.53. The number of carbonyl (C=O) groups excluding carboxylic acids is 1. The van der Waals surface area contributed by atoms with Gasteiger partial charge in [0.25, 0.3) is 0 Å².